The number of nitrogens with zero attached hydrogens (tertiary/aromatic N) is 4. The van der Waals surface area contributed by atoms with Crippen molar-refractivity contribution in [3.63, 3.8) is 0 Å². The first-order chi connectivity index (χ1) is 14.6. The molecule has 5 rings (SSSR count). The Morgan fingerprint density at radius 1 is 1.20 bits per heavy atom. The number of nitriles is 1. The highest BCUT2D eigenvalue weighted by Crippen LogP contribution is 2.51. The van der Waals surface area contributed by atoms with Gasteiger partial charge in [0, 0.05) is 35.8 Å². The smallest absolute Gasteiger partial charge is 0.248 e. The van der Waals surface area contributed by atoms with Crippen molar-refractivity contribution in [2.75, 3.05) is 24.6 Å². The molecule has 7 heteroatoms. The molecular weight excluding hydrogens is 444 g/mol. The molecule has 6 nitrogen and oxygen atoms in total. The minimum Gasteiger partial charge on any atom is -0.360 e. The zero-order valence-electron chi connectivity index (χ0n) is 16.6. The van der Waals surface area contributed by atoms with E-state index in [0.717, 1.165) is 41.5 Å². The second-order valence-electron chi connectivity index (χ2n) is 8.37. The average molecular weight is 467 g/mol. The van der Waals surface area contributed by atoms with Crippen molar-refractivity contribution in [2.45, 2.75) is 43.4 Å². The number of carbonyl (C=O) groups is 1. The highest BCUT2D eigenvalue weighted by Gasteiger charge is 2.48. The number of piperazine rings is 1. The van der Waals surface area contributed by atoms with Gasteiger partial charge in [-0.25, -0.2) is 4.98 Å². The Hall–Kier alpha value is -2.43. The lowest BCUT2D eigenvalue weighted by atomic mass is 10.1. The molecule has 3 fully saturated rings. The summed E-state index contributed by atoms with van der Waals surface area (Å²) in [5, 5.41) is 8.99. The molecule has 3 heterocycles. The predicted molar refractivity (Wildman–Crippen MR) is 116 cm³/mol. The molecule has 0 radical (unpaired) electrons. The van der Waals surface area contributed by atoms with E-state index < -0.39 is 0 Å². The first-order valence-electron chi connectivity index (χ1n) is 10.4. The van der Waals surface area contributed by atoms with Gasteiger partial charge in [-0.2, -0.15) is 5.26 Å². The Labute approximate surface area is 184 Å². The Kier molecular flexibility index (Phi) is 5.00. The van der Waals surface area contributed by atoms with Crippen LogP contribution in [-0.2, 0) is 15.1 Å². The summed E-state index contributed by atoms with van der Waals surface area (Å²) >= 11 is 3.61. The van der Waals surface area contributed by atoms with Gasteiger partial charge in [-0.15, -0.1) is 0 Å². The number of ether oxygens (including phenoxy) is 1. The Morgan fingerprint density at radius 3 is 2.53 bits per heavy atom. The third kappa shape index (κ3) is 3.48. The van der Waals surface area contributed by atoms with Crippen molar-refractivity contribution in [3.8, 4) is 6.07 Å². The number of hydrogen-bond donors (Lipinski definition) is 0. The van der Waals surface area contributed by atoms with Crippen LogP contribution in [0.25, 0.3) is 0 Å². The maximum Gasteiger partial charge on any atom is 0.248 e. The van der Waals surface area contributed by atoms with Crippen molar-refractivity contribution in [3.05, 3.63) is 58.2 Å². The lowest BCUT2D eigenvalue weighted by molar-refractivity contribution is -0.140. The van der Waals surface area contributed by atoms with Gasteiger partial charge in [0.15, 0.2) is 0 Å². The number of halogens is 1. The molecule has 1 aromatic carbocycles. The van der Waals surface area contributed by atoms with Crippen LogP contribution in [0.1, 0.15) is 36.8 Å². The zero-order chi connectivity index (χ0) is 20.7. The highest BCUT2D eigenvalue weighted by atomic mass is 79.9. The van der Waals surface area contributed by atoms with Crippen LogP contribution in [0.3, 0.4) is 0 Å². The molecule has 2 aliphatic heterocycles. The Bertz CT molecular complexity index is 985. The summed E-state index contributed by atoms with van der Waals surface area (Å²) in [5.74, 6) is 0.966. The van der Waals surface area contributed by atoms with E-state index in [1.165, 1.54) is 0 Å². The molecule has 3 aliphatic rings. The molecule has 2 aromatic rings. The van der Waals surface area contributed by atoms with E-state index in [0.29, 0.717) is 18.7 Å². The zero-order valence-corrected chi connectivity index (χ0v) is 18.2. The van der Waals surface area contributed by atoms with Crippen LogP contribution >= 0.6 is 15.9 Å². The van der Waals surface area contributed by atoms with Crippen LogP contribution < -0.4 is 4.90 Å². The summed E-state index contributed by atoms with van der Waals surface area (Å²) in [7, 11) is 0. The molecule has 1 amide bonds. The predicted octanol–water partition coefficient (Wildman–Crippen LogP) is 3.60. The number of aromatic nitrogens is 1. The molecule has 2 bridgehead atoms. The second kappa shape index (κ2) is 7.68. The molecule has 30 heavy (non-hydrogen) atoms. The van der Waals surface area contributed by atoms with Crippen LogP contribution in [0.15, 0.2) is 47.1 Å². The molecule has 1 saturated carbocycles. The number of fused-ring (bicyclic) bond motifs is 2. The van der Waals surface area contributed by atoms with Gasteiger partial charge in [0.2, 0.25) is 5.91 Å². The van der Waals surface area contributed by atoms with Crippen LogP contribution in [0.5, 0.6) is 0 Å². The van der Waals surface area contributed by atoms with Gasteiger partial charge in [-0.1, -0.05) is 34.1 Å². The van der Waals surface area contributed by atoms with Gasteiger partial charge in [0.25, 0.3) is 0 Å². The number of hydrogen-bond acceptors (Lipinski definition) is 5. The molecular formula is C23H23BrN4O2. The SMILES string of the molecule is N#Cc1ccc(N2C3CC[C@H]2CN(C(=O)COC2(c4ccccc4Br)CC2)C3)nc1. The molecule has 1 aromatic heterocycles. The molecule has 1 aliphatic carbocycles. The Morgan fingerprint density at radius 2 is 1.93 bits per heavy atom. The van der Waals surface area contributed by atoms with Gasteiger partial charge < -0.3 is 14.5 Å². The fraction of sp³-hybridized carbons (Fsp3) is 0.435. The summed E-state index contributed by atoms with van der Waals surface area (Å²) in [5.41, 5.74) is 1.38. The van der Waals surface area contributed by atoms with Crippen LogP contribution in [0, 0.1) is 11.3 Å². The first kappa shape index (κ1) is 19.5. The van der Waals surface area contributed by atoms with Crippen LogP contribution in [-0.4, -0.2) is 47.6 Å². The van der Waals surface area contributed by atoms with E-state index in [-0.39, 0.29) is 30.2 Å². The molecule has 1 unspecified atom stereocenters. The van der Waals surface area contributed by atoms with Crippen LogP contribution in [0.4, 0.5) is 5.82 Å². The topological polar surface area (TPSA) is 69.5 Å². The van der Waals surface area contributed by atoms with Gasteiger partial charge in [-0.3, -0.25) is 4.79 Å². The number of amides is 1. The average Bonchev–Trinajstić information content (AvgIpc) is 3.51. The molecule has 0 spiro atoms. The number of rotatable bonds is 5. The minimum atomic E-state index is -0.317. The number of pyridine rings is 1. The fourth-order valence-electron chi connectivity index (χ4n) is 4.81. The van der Waals surface area contributed by atoms with E-state index in [1.54, 1.807) is 6.20 Å². The summed E-state index contributed by atoms with van der Waals surface area (Å²) in [6.07, 6.45) is 5.63. The quantitative estimate of drug-likeness (QED) is 0.672. The van der Waals surface area contributed by atoms with Crippen molar-refractivity contribution in [1.29, 1.82) is 5.26 Å². The number of benzene rings is 1. The second-order valence-corrected chi connectivity index (χ2v) is 9.23. The van der Waals surface area contributed by atoms with Gasteiger partial charge in [0.05, 0.1) is 11.2 Å². The van der Waals surface area contributed by atoms with E-state index in [9.17, 15) is 4.79 Å². The van der Waals surface area contributed by atoms with Crippen molar-refractivity contribution in [2.24, 2.45) is 0 Å². The lowest BCUT2D eigenvalue weighted by Crippen LogP contribution is -2.56. The largest absolute Gasteiger partial charge is 0.360 e. The molecule has 0 N–H and O–H groups in total. The molecule has 154 valence electrons. The summed E-state index contributed by atoms with van der Waals surface area (Å²) in [6, 6.07) is 14.5. The van der Waals surface area contributed by atoms with Crippen molar-refractivity contribution < 1.29 is 9.53 Å². The summed E-state index contributed by atoms with van der Waals surface area (Å²) in [6.45, 7) is 1.51. The summed E-state index contributed by atoms with van der Waals surface area (Å²) < 4.78 is 7.21. The normalized spacial score (nSPS) is 23.9. The number of carbonyl (C=O) groups excluding carboxylic acids is 1. The van der Waals surface area contributed by atoms with Gasteiger partial charge in [-0.05, 0) is 49.4 Å². The molecule has 2 saturated heterocycles. The van der Waals surface area contributed by atoms with Crippen LogP contribution in [0.2, 0.25) is 0 Å². The highest BCUT2D eigenvalue weighted by molar-refractivity contribution is 9.10. The minimum absolute atomic E-state index is 0.0673. The van der Waals surface area contributed by atoms with E-state index in [2.05, 4.69) is 37.9 Å². The third-order valence-corrected chi connectivity index (χ3v) is 7.21. The monoisotopic (exact) mass is 466 g/mol. The van der Waals surface area contributed by atoms with Crippen molar-refractivity contribution in [1.82, 2.24) is 9.88 Å². The van der Waals surface area contributed by atoms with Crippen molar-refractivity contribution >= 4 is 27.7 Å². The maximum atomic E-state index is 13.0. The van der Waals surface area contributed by atoms with Gasteiger partial charge >= 0.3 is 0 Å². The Balaban J connectivity index is 1.23. The molecule has 2 atom stereocenters. The van der Waals surface area contributed by atoms with Gasteiger partial charge in [0.1, 0.15) is 18.5 Å². The number of likely N-dealkylation sites (tertiary alicyclic amines) is 1. The van der Waals surface area contributed by atoms with E-state index in [4.69, 9.17) is 10.00 Å². The lowest BCUT2D eigenvalue weighted by Gasteiger charge is -2.41. The maximum absolute atomic E-state index is 13.0. The fourth-order valence-corrected chi connectivity index (χ4v) is 5.46. The number of anilines is 1. The third-order valence-electron chi connectivity index (χ3n) is 6.52. The van der Waals surface area contributed by atoms with E-state index >= 15 is 0 Å². The standard InChI is InChI=1S/C23H23BrN4O2/c24-20-4-2-1-3-19(20)23(9-10-23)30-15-22(29)27-13-17-6-7-18(14-27)28(17)21-8-5-16(11-25)12-26-21/h1-5,8,12,17-18H,6-7,9-10,13-15H2/t17-,18?/m0/s1. The van der Waals surface area contributed by atoms with E-state index in [1.807, 2.05) is 35.2 Å². The summed E-state index contributed by atoms with van der Waals surface area (Å²) in [4.78, 5) is 21.7. The first-order valence-corrected chi connectivity index (χ1v) is 11.2.